The molecule has 0 aliphatic rings. The summed E-state index contributed by atoms with van der Waals surface area (Å²) in [5.41, 5.74) is 13.2. The molecule has 0 saturated heterocycles. The maximum absolute atomic E-state index is 12.2. The number of rotatable bonds is 13. The first-order valence-electron chi connectivity index (χ1n) is 20.2. The molecule has 4 heteroatoms. The first-order valence-corrected chi connectivity index (χ1v) is 20.2. The number of phenols is 4. The first kappa shape index (κ1) is 39.0. The van der Waals surface area contributed by atoms with Gasteiger partial charge in [0.15, 0.2) is 0 Å². The Morgan fingerprint density at radius 2 is 1.04 bits per heavy atom. The van der Waals surface area contributed by atoms with Crippen molar-refractivity contribution in [2.75, 3.05) is 0 Å². The van der Waals surface area contributed by atoms with E-state index in [9.17, 15) is 20.4 Å². The van der Waals surface area contributed by atoms with Gasteiger partial charge < -0.3 is 20.4 Å². The van der Waals surface area contributed by atoms with Gasteiger partial charge in [-0.1, -0.05) is 161 Å². The quantitative estimate of drug-likeness (QED) is 0.0884. The Labute approximate surface area is 337 Å². The topological polar surface area (TPSA) is 80.9 Å². The number of phenolic OH excluding ortho intramolecular Hbond substituents is 4. The van der Waals surface area contributed by atoms with Gasteiger partial charge in [-0.3, -0.25) is 0 Å². The van der Waals surface area contributed by atoms with Crippen molar-refractivity contribution in [1.29, 1.82) is 0 Å². The Kier molecular flexibility index (Phi) is 11.8. The number of hydrogen-bond acceptors (Lipinski definition) is 4. The number of benzene rings is 7. The monoisotopic (exact) mass is 752 g/mol. The third-order valence-electron chi connectivity index (χ3n) is 11.5. The Morgan fingerprint density at radius 1 is 0.439 bits per heavy atom. The first-order chi connectivity index (χ1) is 27.7. The summed E-state index contributed by atoms with van der Waals surface area (Å²) >= 11 is 0. The van der Waals surface area contributed by atoms with E-state index in [0.29, 0.717) is 12.8 Å². The molecule has 7 aromatic carbocycles. The van der Waals surface area contributed by atoms with Crippen LogP contribution in [-0.2, 0) is 32.1 Å². The highest BCUT2D eigenvalue weighted by Crippen LogP contribution is 2.45. The molecule has 0 aromatic heterocycles. The van der Waals surface area contributed by atoms with Crippen LogP contribution in [0.25, 0.3) is 22.3 Å². The molecule has 0 spiro atoms. The molecule has 2 unspecified atom stereocenters. The molecule has 4 N–H and O–H groups in total. The average molecular weight is 753 g/mol. The molecule has 7 aromatic rings. The van der Waals surface area contributed by atoms with Crippen molar-refractivity contribution in [3.05, 3.63) is 201 Å². The molecule has 2 atom stereocenters. The van der Waals surface area contributed by atoms with Crippen molar-refractivity contribution in [2.45, 2.75) is 71.6 Å². The number of hydrogen-bond donors (Lipinski definition) is 4. The lowest BCUT2D eigenvalue weighted by molar-refractivity contribution is 0.463. The molecule has 0 amide bonds. The highest BCUT2D eigenvalue weighted by molar-refractivity contribution is 5.78. The van der Waals surface area contributed by atoms with E-state index in [1.165, 1.54) is 5.56 Å². The molecule has 0 aliphatic carbocycles. The summed E-state index contributed by atoms with van der Waals surface area (Å²) in [6.07, 6.45) is 3.60. The minimum Gasteiger partial charge on any atom is -0.508 e. The van der Waals surface area contributed by atoms with Crippen LogP contribution in [0.2, 0.25) is 0 Å². The van der Waals surface area contributed by atoms with Gasteiger partial charge in [0.25, 0.3) is 0 Å². The van der Waals surface area contributed by atoms with Gasteiger partial charge in [-0.2, -0.15) is 0 Å². The molecule has 0 aliphatic heterocycles. The zero-order valence-electron chi connectivity index (χ0n) is 33.3. The van der Waals surface area contributed by atoms with E-state index in [2.05, 4.69) is 76.2 Å². The van der Waals surface area contributed by atoms with E-state index < -0.39 is 0 Å². The molecule has 0 heterocycles. The largest absolute Gasteiger partial charge is 0.508 e. The van der Waals surface area contributed by atoms with Crippen LogP contribution < -0.4 is 0 Å². The Balaban J connectivity index is 1.23. The second kappa shape index (κ2) is 17.3. The zero-order chi connectivity index (χ0) is 40.1. The molecule has 0 bridgehead atoms. The van der Waals surface area contributed by atoms with E-state index in [-0.39, 0.29) is 34.8 Å². The molecule has 0 fully saturated rings. The van der Waals surface area contributed by atoms with Crippen LogP contribution >= 0.6 is 0 Å². The predicted octanol–water partition coefficient (Wildman–Crippen LogP) is 12.6. The van der Waals surface area contributed by atoms with Crippen molar-refractivity contribution < 1.29 is 20.4 Å². The standard InChI is InChI=1S/C53H52O4/c1-5-35-23-26-49(54)43(29-35)33-42-19-12-20-44(52(42)56)40-17-11-16-39(32-40)34(4)28-41-18-13-21-46(53(41)57)47-30-36(6-2)22-25-45(47)51(38-14-9-8-10-15-38)48-31-37(7-3)24-27-50(48)55/h8-27,29-32,34,51,54-57H,5-7,28,33H2,1-4H3. The molecular formula is C53H52O4. The van der Waals surface area contributed by atoms with Gasteiger partial charge in [-0.05, 0) is 105 Å². The summed E-state index contributed by atoms with van der Waals surface area (Å²) in [6, 6.07) is 48.5. The lowest BCUT2D eigenvalue weighted by Gasteiger charge is -2.25. The lowest BCUT2D eigenvalue weighted by Crippen LogP contribution is -2.07. The fourth-order valence-electron chi connectivity index (χ4n) is 8.14. The van der Waals surface area contributed by atoms with Gasteiger partial charge in [-0.25, -0.2) is 0 Å². The van der Waals surface area contributed by atoms with E-state index in [4.69, 9.17) is 0 Å². The number of aryl methyl sites for hydroxylation is 3. The molecule has 0 radical (unpaired) electrons. The second-order valence-corrected chi connectivity index (χ2v) is 15.2. The van der Waals surface area contributed by atoms with E-state index in [1.807, 2.05) is 84.9 Å². The minimum absolute atomic E-state index is 0.0531. The smallest absolute Gasteiger partial charge is 0.126 e. The SMILES string of the molecule is CCc1ccc(O)c(Cc2cccc(-c3cccc(C(C)Cc4cccc(-c5cc(CC)ccc5C(c5ccccc5)c5cc(CC)ccc5O)c4O)c3)c2O)c1. The van der Waals surface area contributed by atoms with Gasteiger partial charge >= 0.3 is 0 Å². The maximum atomic E-state index is 12.2. The summed E-state index contributed by atoms with van der Waals surface area (Å²) in [7, 11) is 0. The van der Waals surface area contributed by atoms with Gasteiger partial charge in [0.1, 0.15) is 23.0 Å². The normalized spacial score (nSPS) is 12.4. The lowest BCUT2D eigenvalue weighted by atomic mass is 9.79. The van der Waals surface area contributed by atoms with Crippen molar-refractivity contribution in [2.24, 2.45) is 0 Å². The third kappa shape index (κ3) is 8.32. The summed E-state index contributed by atoms with van der Waals surface area (Å²) in [5, 5.41) is 45.6. The van der Waals surface area contributed by atoms with Gasteiger partial charge in [-0.15, -0.1) is 0 Å². The Hall–Kier alpha value is -6.26. The number of para-hydroxylation sites is 2. The highest BCUT2D eigenvalue weighted by Gasteiger charge is 2.26. The third-order valence-corrected chi connectivity index (χ3v) is 11.5. The molecule has 4 nitrogen and oxygen atoms in total. The van der Waals surface area contributed by atoms with Crippen LogP contribution in [0.15, 0.2) is 146 Å². The molecule has 0 saturated carbocycles. The van der Waals surface area contributed by atoms with Crippen molar-refractivity contribution >= 4 is 0 Å². The van der Waals surface area contributed by atoms with Crippen LogP contribution in [-0.4, -0.2) is 20.4 Å². The van der Waals surface area contributed by atoms with Gasteiger partial charge in [0, 0.05) is 29.0 Å². The van der Waals surface area contributed by atoms with E-state index >= 15 is 0 Å². The fourth-order valence-corrected chi connectivity index (χ4v) is 8.14. The van der Waals surface area contributed by atoms with Crippen LogP contribution in [0.4, 0.5) is 0 Å². The Bertz CT molecular complexity index is 2500. The van der Waals surface area contributed by atoms with Crippen molar-refractivity contribution in [1.82, 2.24) is 0 Å². The minimum atomic E-state index is -0.259. The van der Waals surface area contributed by atoms with Crippen molar-refractivity contribution in [3.8, 4) is 45.3 Å². The maximum Gasteiger partial charge on any atom is 0.126 e. The average Bonchev–Trinajstić information content (AvgIpc) is 3.24. The van der Waals surface area contributed by atoms with Crippen molar-refractivity contribution in [3.63, 3.8) is 0 Å². The summed E-state index contributed by atoms with van der Waals surface area (Å²) in [4.78, 5) is 0. The second-order valence-electron chi connectivity index (χ2n) is 15.2. The predicted molar refractivity (Wildman–Crippen MR) is 234 cm³/mol. The molecule has 7 rings (SSSR count). The molecule has 288 valence electrons. The molecule has 57 heavy (non-hydrogen) atoms. The van der Waals surface area contributed by atoms with Gasteiger partial charge in [0.05, 0.1) is 0 Å². The van der Waals surface area contributed by atoms with E-state index in [1.54, 1.807) is 12.1 Å². The van der Waals surface area contributed by atoms with Crippen LogP contribution in [0, 0.1) is 0 Å². The highest BCUT2D eigenvalue weighted by atomic mass is 16.3. The summed E-state index contributed by atoms with van der Waals surface area (Å²) in [5.74, 6) is 0.743. The fraction of sp³-hybridized carbons (Fsp3) is 0.208. The molecular weight excluding hydrogens is 701 g/mol. The van der Waals surface area contributed by atoms with E-state index in [0.717, 1.165) is 91.6 Å². The summed E-state index contributed by atoms with van der Waals surface area (Å²) < 4.78 is 0. The van der Waals surface area contributed by atoms with Crippen LogP contribution in [0.3, 0.4) is 0 Å². The number of aromatic hydroxyl groups is 4. The zero-order valence-corrected chi connectivity index (χ0v) is 33.3. The summed E-state index contributed by atoms with van der Waals surface area (Å²) in [6.45, 7) is 8.52. The van der Waals surface area contributed by atoms with Crippen LogP contribution in [0.5, 0.6) is 23.0 Å². The van der Waals surface area contributed by atoms with Crippen LogP contribution in [0.1, 0.15) is 95.2 Å². The Morgan fingerprint density at radius 3 is 1.77 bits per heavy atom. The van der Waals surface area contributed by atoms with Gasteiger partial charge in [0.2, 0.25) is 0 Å².